The fourth-order valence-electron chi connectivity index (χ4n) is 3.53. The number of amides is 2. The van der Waals surface area contributed by atoms with E-state index in [0.717, 1.165) is 35.1 Å². The molecule has 1 heterocycles. The van der Waals surface area contributed by atoms with Crippen molar-refractivity contribution in [1.29, 1.82) is 0 Å². The molecule has 3 rings (SSSR count). The van der Waals surface area contributed by atoms with Gasteiger partial charge in [-0.2, -0.15) is 13.2 Å². The van der Waals surface area contributed by atoms with Crippen molar-refractivity contribution in [2.45, 2.75) is 26.4 Å². The lowest BCUT2D eigenvalue weighted by atomic mass is 9.99. The molecule has 2 amide bonds. The van der Waals surface area contributed by atoms with E-state index in [1.165, 1.54) is 11.0 Å². The molecule has 0 aliphatic rings. The summed E-state index contributed by atoms with van der Waals surface area (Å²) in [7, 11) is 3.24. The average Bonchev–Trinajstić information content (AvgIpc) is 3.23. The van der Waals surface area contributed by atoms with Gasteiger partial charge in [0.15, 0.2) is 0 Å². The van der Waals surface area contributed by atoms with Crippen LogP contribution >= 0.6 is 0 Å². The van der Waals surface area contributed by atoms with Gasteiger partial charge < -0.3 is 14.6 Å². The molecule has 2 aromatic carbocycles. The van der Waals surface area contributed by atoms with Crippen molar-refractivity contribution in [2.75, 3.05) is 20.6 Å². The van der Waals surface area contributed by atoms with Crippen LogP contribution in [0.15, 0.2) is 76.7 Å². The summed E-state index contributed by atoms with van der Waals surface area (Å²) in [5.74, 6) is -1.38. The standard InChI is InChI=1S/C28H29F3N2O3/c1-18(8-5-9-19(2)28(29,30)31)14-22-16-24-23(12-7-13-25(24)36-22)20-10-6-11-21(15-20)27(35)32-17-26(34)33(3)4/h5-13,15-16,19H,14,17H2,1-4H3,(H,32,35)/b9-5-,18-8+. The summed E-state index contributed by atoms with van der Waals surface area (Å²) in [6, 6.07) is 14.6. The number of hydrogen-bond donors (Lipinski definition) is 1. The van der Waals surface area contributed by atoms with Crippen LogP contribution in [0.5, 0.6) is 0 Å². The normalized spacial score (nSPS) is 13.2. The second-order valence-corrected chi connectivity index (χ2v) is 8.89. The number of likely N-dealkylation sites (N-methyl/N-ethyl adjacent to an activating group) is 1. The number of hydrogen-bond acceptors (Lipinski definition) is 3. The summed E-state index contributed by atoms with van der Waals surface area (Å²) in [5.41, 5.74) is 3.64. The van der Waals surface area contributed by atoms with Gasteiger partial charge in [-0.05, 0) is 42.3 Å². The Morgan fingerprint density at radius 3 is 2.53 bits per heavy atom. The Bertz CT molecular complexity index is 1300. The number of rotatable bonds is 8. The Morgan fingerprint density at radius 1 is 1.11 bits per heavy atom. The number of nitrogens with zero attached hydrogens (tertiary/aromatic N) is 1. The van der Waals surface area contributed by atoms with E-state index in [9.17, 15) is 22.8 Å². The van der Waals surface area contributed by atoms with E-state index < -0.39 is 12.1 Å². The van der Waals surface area contributed by atoms with Crippen molar-refractivity contribution in [3.63, 3.8) is 0 Å². The highest BCUT2D eigenvalue weighted by Crippen LogP contribution is 2.32. The van der Waals surface area contributed by atoms with E-state index >= 15 is 0 Å². The van der Waals surface area contributed by atoms with E-state index in [1.54, 1.807) is 38.4 Å². The molecule has 36 heavy (non-hydrogen) atoms. The van der Waals surface area contributed by atoms with Crippen molar-refractivity contribution >= 4 is 22.8 Å². The van der Waals surface area contributed by atoms with Crippen molar-refractivity contribution in [1.82, 2.24) is 10.2 Å². The van der Waals surface area contributed by atoms with Crippen LogP contribution in [0.1, 0.15) is 30.0 Å². The number of carbonyl (C=O) groups is 2. The highest BCUT2D eigenvalue weighted by molar-refractivity contribution is 5.99. The Balaban J connectivity index is 1.80. The Kier molecular flexibility index (Phi) is 8.40. The first-order valence-electron chi connectivity index (χ1n) is 11.5. The van der Waals surface area contributed by atoms with Crippen molar-refractivity contribution in [2.24, 2.45) is 5.92 Å². The maximum Gasteiger partial charge on any atom is 0.394 e. The van der Waals surface area contributed by atoms with Gasteiger partial charge in [0, 0.05) is 31.5 Å². The highest BCUT2D eigenvalue weighted by Gasteiger charge is 2.33. The molecule has 8 heteroatoms. The van der Waals surface area contributed by atoms with E-state index in [-0.39, 0.29) is 18.4 Å². The molecule has 1 unspecified atom stereocenters. The van der Waals surface area contributed by atoms with Crippen LogP contribution in [0.2, 0.25) is 0 Å². The predicted octanol–water partition coefficient (Wildman–Crippen LogP) is 6.16. The van der Waals surface area contributed by atoms with Gasteiger partial charge >= 0.3 is 6.18 Å². The maximum atomic E-state index is 12.7. The highest BCUT2D eigenvalue weighted by atomic mass is 19.4. The number of alkyl halides is 3. The number of halogens is 3. The van der Waals surface area contributed by atoms with E-state index in [0.29, 0.717) is 23.3 Å². The smallest absolute Gasteiger partial charge is 0.394 e. The third kappa shape index (κ3) is 6.87. The molecule has 1 atom stereocenters. The first-order valence-corrected chi connectivity index (χ1v) is 11.5. The van der Waals surface area contributed by atoms with E-state index in [4.69, 9.17) is 4.42 Å². The fraction of sp³-hybridized carbons (Fsp3) is 0.286. The SMILES string of the molecule is C/C(=C\C=C/C(C)C(F)(F)F)Cc1cc2c(-c3cccc(C(=O)NCC(=O)N(C)C)c3)cccc2o1. The maximum absolute atomic E-state index is 12.7. The van der Waals surface area contributed by atoms with E-state index in [1.807, 2.05) is 37.3 Å². The molecule has 0 radical (unpaired) electrons. The third-order valence-electron chi connectivity index (χ3n) is 5.70. The predicted molar refractivity (Wildman–Crippen MR) is 134 cm³/mol. The second-order valence-electron chi connectivity index (χ2n) is 8.89. The van der Waals surface area contributed by atoms with Crippen molar-refractivity contribution in [3.05, 3.63) is 83.7 Å². The number of benzene rings is 2. The molecular formula is C28H29F3N2O3. The minimum atomic E-state index is -4.25. The zero-order chi connectivity index (χ0) is 26.5. The van der Waals surface area contributed by atoms with Crippen LogP contribution in [0.25, 0.3) is 22.1 Å². The molecule has 0 saturated carbocycles. The first kappa shape index (κ1) is 26.8. The number of furan rings is 1. The van der Waals surface area contributed by atoms with E-state index in [2.05, 4.69) is 5.32 Å². The van der Waals surface area contributed by atoms with Gasteiger partial charge in [0.2, 0.25) is 5.91 Å². The zero-order valence-electron chi connectivity index (χ0n) is 20.6. The zero-order valence-corrected chi connectivity index (χ0v) is 20.6. The lowest BCUT2D eigenvalue weighted by molar-refractivity contribution is -0.156. The largest absolute Gasteiger partial charge is 0.461 e. The molecular weight excluding hydrogens is 469 g/mol. The second kappa shape index (κ2) is 11.3. The molecule has 0 aliphatic heterocycles. The summed E-state index contributed by atoms with van der Waals surface area (Å²) in [5, 5.41) is 3.49. The van der Waals surface area contributed by atoms with Gasteiger partial charge in [0.25, 0.3) is 5.91 Å². The monoisotopic (exact) mass is 498 g/mol. The molecule has 0 bridgehead atoms. The fourth-order valence-corrected chi connectivity index (χ4v) is 3.53. The molecule has 1 N–H and O–H groups in total. The van der Waals surface area contributed by atoms with Crippen molar-refractivity contribution in [3.8, 4) is 11.1 Å². The van der Waals surface area contributed by atoms with Gasteiger partial charge in [-0.25, -0.2) is 0 Å². The van der Waals surface area contributed by atoms with Crippen molar-refractivity contribution < 1.29 is 27.2 Å². The summed E-state index contributed by atoms with van der Waals surface area (Å²) in [4.78, 5) is 25.7. The van der Waals surface area contributed by atoms with Crippen LogP contribution in [0.4, 0.5) is 13.2 Å². The van der Waals surface area contributed by atoms with Crippen LogP contribution in [0, 0.1) is 5.92 Å². The molecule has 0 saturated heterocycles. The third-order valence-corrected chi connectivity index (χ3v) is 5.70. The first-order chi connectivity index (χ1) is 17.0. The van der Waals surface area contributed by atoms with Crippen LogP contribution < -0.4 is 5.32 Å². The molecule has 1 aromatic heterocycles. The lowest BCUT2D eigenvalue weighted by Crippen LogP contribution is -2.36. The van der Waals surface area contributed by atoms with Gasteiger partial charge in [-0.15, -0.1) is 0 Å². The summed E-state index contributed by atoms with van der Waals surface area (Å²) in [6.07, 6.45) is 0.389. The van der Waals surface area contributed by atoms with Gasteiger partial charge in [-0.3, -0.25) is 9.59 Å². The number of carbonyl (C=O) groups excluding carboxylic acids is 2. The Labute approximate surface area is 208 Å². The topological polar surface area (TPSA) is 62.6 Å². The average molecular weight is 499 g/mol. The number of nitrogens with one attached hydrogen (secondary N) is 1. The Morgan fingerprint density at radius 2 is 1.83 bits per heavy atom. The van der Waals surface area contributed by atoms with Crippen LogP contribution in [0.3, 0.4) is 0 Å². The Hall–Kier alpha value is -3.81. The molecule has 0 aliphatic carbocycles. The minimum absolute atomic E-state index is 0.0894. The molecule has 5 nitrogen and oxygen atoms in total. The minimum Gasteiger partial charge on any atom is -0.461 e. The van der Waals surface area contributed by atoms with Gasteiger partial charge in [0.1, 0.15) is 11.3 Å². The number of allylic oxidation sites excluding steroid dienone is 4. The van der Waals surface area contributed by atoms with Crippen LogP contribution in [-0.4, -0.2) is 43.5 Å². The number of fused-ring (bicyclic) bond motifs is 1. The lowest BCUT2D eigenvalue weighted by Gasteiger charge is -2.11. The molecule has 190 valence electrons. The van der Waals surface area contributed by atoms with Crippen LogP contribution in [-0.2, 0) is 11.2 Å². The molecule has 3 aromatic rings. The molecule has 0 fully saturated rings. The van der Waals surface area contributed by atoms with Gasteiger partial charge in [-0.1, -0.05) is 55.0 Å². The quantitative estimate of drug-likeness (QED) is 0.378. The summed E-state index contributed by atoms with van der Waals surface area (Å²) >= 11 is 0. The summed E-state index contributed by atoms with van der Waals surface area (Å²) < 4.78 is 44.0. The van der Waals surface area contributed by atoms with Gasteiger partial charge in [0.05, 0.1) is 12.5 Å². The molecule has 0 spiro atoms. The summed E-state index contributed by atoms with van der Waals surface area (Å²) in [6.45, 7) is 2.86.